The second kappa shape index (κ2) is 5.05. The van der Waals surface area contributed by atoms with Gasteiger partial charge in [-0.25, -0.2) is 0 Å². The van der Waals surface area contributed by atoms with Crippen LogP contribution in [0.4, 0.5) is 0 Å². The molecule has 70 valence electrons. The molecule has 0 saturated heterocycles. The van der Waals surface area contributed by atoms with Gasteiger partial charge in [-0.3, -0.25) is 0 Å². The minimum Gasteiger partial charge on any atom is -0.330 e. The van der Waals surface area contributed by atoms with Crippen molar-refractivity contribution in [1.82, 2.24) is 0 Å². The van der Waals surface area contributed by atoms with E-state index >= 15 is 0 Å². The maximum absolute atomic E-state index is 6.03. The lowest BCUT2D eigenvalue weighted by Gasteiger charge is -2.03. The van der Waals surface area contributed by atoms with E-state index in [9.17, 15) is 0 Å². The Balaban J connectivity index is 2.88. The maximum Gasteiger partial charge on any atom is 0.0480 e. The Kier molecular flexibility index (Phi) is 4.00. The molecule has 0 spiro atoms. The van der Waals surface area contributed by atoms with Crippen molar-refractivity contribution in [1.29, 1.82) is 0 Å². The largest absolute Gasteiger partial charge is 0.330 e. The molecule has 2 N–H and O–H groups in total. The Bertz CT molecular complexity index is 305. The van der Waals surface area contributed by atoms with Gasteiger partial charge in [0.25, 0.3) is 0 Å². The predicted octanol–water partition coefficient (Wildman–Crippen LogP) is 3.09. The molecule has 0 aliphatic carbocycles. The Hall–Kier alpha value is -0.790. The van der Waals surface area contributed by atoms with Crippen molar-refractivity contribution in [2.45, 2.75) is 13.3 Å². The zero-order chi connectivity index (χ0) is 9.68. The van der Waals surface area contributed by atoms with Gasteiger partial charge in [0, 0.05) is 5.02 Å². The van der Waals surface area contributed by atoms with Crippen LogP contribution in [0.3, 0.4) is 0 Å². The smallest absolute Gasteiger partial charge is 0.0480 e. The SMILES string of the molecule is C/C(=C/CCN)c1ccccc1Cl. The molecule has 0 bridgehead atoms. The molecule has 1 nitrogen and oxygen atoms in total. The molecule has 13 heavy (non-hydrogen) atoms. The number of benzene rings is 1. The first kappa shape index (κ1) is 10.3. The zero-order valence-electron chi connectivity index (χ0n) is 7.76. The highest BCUT2D eigenvalue weighted by Crippen LogP contribution is 2.22. The van der Waals surface area contributed by atoms with E-state index in [1.165, 1.54) is 5.57 Å². The molecule has 0 heterocycles. The molecule has 1 rings (SSSR count). The van der Waals surface area contributed by atoms with Crippen LogP contribution in [0.15, 0.2) is 30.3 Å². The lowest BCUT2D eigenvalue weighted by molar-refractivity contribution is 1.01. The normalized spacial score (nSPS) is 11.8. The highest BCUT2D eigenvalue weighted by atomic mass is 35.5. The summed E-state index contributed by atoms with van der Waals surface area (Å²) in [7, 11) is 0. The molecule has 0 radical (unpaired) electrons. The molecule has 1 aromatic carbocycles. The predicted molar refractivity (Wildman–Crippen MR) is 58.8 cm³/mol. The third-order valence-electron chi connectivity index (χ3n) is 1.92. The lowest BCUT2D eigenvalue weighted by atomic mass is 10.1. The monoisotopic (exact) mass is 195 g/mol. The van der Waals surface area contributed by atoms with Gasteiger partial charge in [0.1, 0.15) is 0 Å². The Labute approximate surface area is 84.2 Å². The van der Waals surface area contributed by atoms with Gasteiger partial charge < -0.3 is 5.73 Å². The van der Waals surface area contributed by atoms with E-state index in [4.69, 9.17) is 17.3 Å². The van der Waals surface area contributed by atoms with E-state index in [-0.39, 0.29) is 0 Å². The molecule has 0 unspecified atom stereocenters. The second-order valence-corrected chi connectivity index (χ2v) is 3.35. The average Bonchev–Trinajstić information content (AvgIpc) is 2.15. The minimum absolute atomic E-state index is 0.682. The first-order chi connectivity index (χ1) is 6.25. The van der Waals surface area contributed by atoms with Crippen LogP contribution in [0.25, 0.3) is 5.57 Å². The first-order valence-electron chi connectivity index (χ1n) is 4.37. The summed E-state index contributed by atoms with van der Waals surface area (Å²) in [5.41, 5.74) is 7.70. The molecular weight excluding hydrogens is 182 g/mol. The van der Waals surface area contributed by atoms with Gasteiger partial charge in [-0.15, -0.1) is 0 Å². The van der Waals surface area contributed by atoms with Gasteiger partial charge >= 0.3 is 0 Å². The van der Waals surface area contributed by atoms with Crippen LogP contribution < -0.4 is 5.73 Å². The Morgan fingerprint density at radius 1 is 1.46 bits per heavy atom. The third kappa shape index (κ3) is 2.87. The fourth-order valence-electron chi connectivity index (χ4n) is 1.19. The van der Waals surface area contributed by atoms with Crippen molar-refractivity contribution in [2.24, 2.45) is 5.73 Å². The zero-order valence-corrected chi connectivity index (χ0v) is 8.51. The van der Waals surface area contributed by atoms with Crippen LogP contribution in [0.1, 0.15) is 18.9 Å². The van der Waals surface area contributed by atoms with Gasteiger partial charge in [-0.1, -0.05) is 35.9 Å². The fourth-order valence-corrected chi connectivity index (χ4v) is 1.48. The molecule has 0 atom stereocenters. The van der Waals surface area contributed by atoms with E-state index in [1.807, 2.05) is 24.3 Å². The minimum atomic E-state index is 0.682. The molecule has 0 saturated carbocycles. The van der Waals surface area contributed by atoms with Gasteiger partial charge in [0.2, 0.25) is 0 Å². The Morgan fingerprint density at radius 2 is 2.15 bits per heavy atom. The quantitative estimate of drug-likeness (QED) is 0.788. The number of hydrogen-bond donors (Lipinski definition) is 1. The van der Waals surface area contributed by atoms with Crippen molar-refractivity contribution >= 4 is 17.2 Å². The average molecular weight is 196 g/mol. The highest BCUT2D eigenvalue weighted by Gasteiger charge is 1.99. The van der Waals surface area contributed by atoms with Crippen LogP contribution >= 0.6 is 11.6 Å². The number of rotatable bonds is 3. The molecule has 0 amide bonds. The van der Waals surface area contributed by atoms with E-state index in [2.05, 4.69) is 13.0 Å². The summed E-state index contributed by atoms with van der Waals surface area (Å²) in [4.78, 5) is 0. The standard InChI is InChI=1S/C11H14ClN/c1-9(5-4-8-13)10-6-2-3-7-11(10)12/h2-3,5-7H,4,8,13H2,1H3/b9-5-. The molecule has 0 aliphatic rings. The van der Waals surface area contributed by atoms with Gasteiger partial charge in [0.15, 0.2) is 0 Å². The van der Waals surface area contributed by atoms with Crippen LogP contribution in [0.5, 0.6) is 0 Å². The molecule has 0 aromatic heterocycles. The van der Waals surface area contributed by atoms with Crippen molar-refractivity contribution in [3.05, 3.63) is 40.9 Å². The first-order valence-corrected chi connectivity index (χ1v) is 4.75. The van der Waals surface area contributed by atoms with Crippen molar-refractivity contribution in [2.75, 3.05) is 6.54 Å². The van der Waals surface area contributed by atoms with Crippen LogP contribution in [0.2, 0.25) is 5.02 Å². The highest BCUT2D eigenvalue weighted by molar-refractivity contribution is 6.32. The van der Waals surface area contributed by atoms with E-state index in [1.54, 1.807) is 0 Å². The van der Waals surface area contributed by atoms with Crippen LogP contribution in [0, 0.1) is 0 Å². The number of allylic oxidation sites excluding steroid dienone is 1. The van der Waals surface area contributed by atoms with E-state index in [0.717, 1.165) is 17.0 Å². The summed E-state index contributed by atoms with van der Waals surface area (Å²) in [5, 5.41) is 0.799. The molecule has 1 aromatic rings. The number of halogens is 1. The van der Waals surface area contributed by atoms with Crippen LogP contribution in [-0.4, -0.2) is 6.54 Å². The van der Waals surface area contributed by atoms with Crippen molar-refractivity contribution in [3.63, 3.8) is 0 Å². The van der Waals surface area contributed by atoms with Gasteiger partial charge in [0.05, 0.1) is 0 Å². The molecule has 0 fully saturated rings. The summed E-state index contributed by atoms with van der Waals surface area (Å²) >= 11 is 6.03. The summed E-state index contributed by atoms with van der Waals surface area (Å²) < 4.78 is 0. The molecular formula is C11H14ClN. The van der Waals surface area contributed by atoms with Crippen molar-refractivity contribution in [3.8, 4) is 0 Å². The van der Waals surface area contributed by atoms with E-state index in [0.29, 0.717) is 6.54 Å². The topological polar surface area (TPSA) is 26.0 Å². The van der Waals surface area contributed by atoms with E-state index < -0.39 is 0 Å². The summed E-state index contributed by atoms with van der Waals surface area (Å²) in [5.74, 6) is 0. The van der Waals surface area contributed by atoms with Crippen molar-refractivity contribution < 1.29 is 0 Å². The summed E-state index contributed by atoms with van der Waals surface area (Å²) in [6.45, 7) is 2.73. The molecule has 2 heteroatoms. The maximum atomic E-state index is 6.03. The number of hydrogen-bond acceptors (Lipinski definition) is 1. The Morgan fingerprint density at radius 3 is 2.77 bits per heavy atom. The van der Waals surface area contributed by atoms with Gasteiger partial charge in [-0.05, 0) is 37.1 Å². The third-order valence-corrected chi connectivity index (χ3v) is 2.25. The molecule has 0 aliphatic heterocycles. The van der Waals surface area contributed by atoms with Gasteiger partial charge in [-0.2, -0.15) is 0 Å². The fraction of sp³-hybridized carbons (Fsp3) is 0.273. The summed E-state index contributed by atoms with van der Waals surface area (Å²) in [6, 6.07) is 7.84. The second-order valence-electron chi connectivity index (χ2n) is 2.94. The summed E-state index contributed by atoms with van der Waals surface area (Å²) in [6.07, 6.45) is 3.01. The number of nitrogens with two attached hydrogens (primary N) is 1. The van der Waals surface area contributed by atoms with Crippen LogP contribution in [-0.2, 0) is 0 Å². The lowest BCUT2D eigenvalue weighted by Crippen LogP contribution is -1.96.